The number of rotatable bonds is 3. The molecule has 0 spiro atoms. The lowest BCUT2D eigenvalue weighted by molar-refractivity contribution is -0.0150. The molecule has 0 radical (unpaired) electrons. The van der Waals surface area contributed by atoms with Crippen LogP contribution in [-0.4, -0.2) is 16.6 Å². The molecule has 0 saturated heterocycles. The van der Waals surface area contributed by atoms with Gasteiger partial charge in [0.05, 0.1) is 12.2 Å². The monoisotopic (exact) mass is 222 g/mol. The van der Waals surface area contributed by atoms with Crippen molar-refractivity contribution in [3.8, 4) is 0 Å². The molecule has 0 heterocycles. The van der Waals surface area contributed by atoms with Gasteiger partial charge in [0, 0.05) is 5.56 Å². The van der Waals surface area contributed by atoms with Crippen molar-refractivity contribution in [2.75, 3.05) is 0 Å². The predicted octanol–water partition coefficient (Wildman–Crippen LogP) is 2.10. The normalized spacial score (nSPS) is 12.8. The SMILES string of the molecule is CC(C)(C)OCc1ccccc1/C(N)=N/O. The Kier molecular flexibility index (Phi) is 3.90. The van der Waals surface area contributed by atoms with E-state index in [9.17, 15) is 0 Å². The maximum Gasteiger partial charge on any atom is 0.170 e. The van der Waals surface area contributed by atoms with Crippen molar-refractivity contribution in [3.63, 3.8) is 0 Å². The van der Waals surface area contributed by atoms with Crippen LogP contribution in [0.5, 0.6) is 0 Å². The molecular weight excluding hydrogens is 204 g/mol. The largest absolute Gasteiger partial charge is 0.409 e. The first-order valence-electron chi connectivity index (χ1n) is 5.14. The molecule has 0 atom stereocenters. The third-order valence-electron chi connectivity index (χ3n) is 2.06. The number of nitrogens with two attached hydrogens (primary N) is 1. The van der Waals surface area contributed by atoms with Crippen LogP contribution in [0.3, 0.4) is 0 Å². The molecule has 1 rings (SSSR count). The number of nitrogens with zero attached hydrogens (tertiary/aromatic N) is 1. The van der Waals surface area contributed by atoms with Gasteiger partial charge in [0.2, 0.25) is 0 Å². The maximum atomic E-state index is 8.66. The number of ether oxygens (including phenoxy) is 1. The van der Waals surface area contributed by atoms with Gasteiger partial charge in [-0.25, -0.2) is 0 Å². The van der Waals surface area contributed by atoms with Gasteiger partial charge in [-0.2, -0.15) is 0 Å². The summed E-state index contributed by atoms with van der Waals surface area (Å²) >= 11 is 0. The first-order chi connectivity index (χ1) is 7.44. The summed E-state index contributed by atoms with van der Waals surface area (Å²) in [4.78, 5) is 0. The lowest BCUT2D eigenvalue weighted by atomic mass is 10.1. The van der Waals surface area contributed by atoms with E-state index in [1.54, 1.807) is 6.07 Å². The second-order valence-corrected chi connectivity index (χ2v) is 4.54. The molecule has 16 heavy (non-hydrogen) atoms. The molecule has 4 nitrogen and oxygen atoms in total. The van der Waals surface area contributed by atoms with Gasteiger partial charge in [-0.05, 0) is 26.3 Å². The van der Waals surface area contributed by atoms with E-state index in [-0.39, 0.29) is 11.4 Å². The molecule has 88 valence electrons. The van der Waals surface area contributed by atoms with Crippen LogP contribution < -0.4 is 5.73 Å². The Labute approximate surface area is 95.7 Å². The summed E-state index contributed by atoms with van der Waals surface area (Å²) in [6, 6.07) is 7.44. The summed E-state index contributed by atoms with van der Waals surface area (Å²) in [6.45, 7) is 6.40. The Morgan fingerprint density at radius 2 is 2.00 bits per heavy atom. The van der Waals surface area contributed by atoms with Gasteiger partial charge in [-0.1, -0.05) is 29.4 Å². The van der Waals surface area contributed by atoms with Crippen molar-refractivity contribution in [1.29, 1.82) is 0 Å². The number of hydrogen-bond donors (Lipinski definition) is 2. The Bertz CT molecular complexity index is 381. The van der Waals surface area contributed by atoms with Crippen molar-refractivity contribution >= 4 is 5.84 Å². The molecule has 0 saturated carbocycles. The zero-order chi connectivity index (χ0) is 12.2. The molecule has 0 aliphatic carbocycles. The summed E-state index contributed by atoms with van der Waals surface area (Å²) in [5, 5.41) is 11.7. The van der Waals surface area contributed by atoms with E-state index < -0.39 is 0 Å². The molecular formula is C12H18N2O2. The molecule has 0 amide bonds. The van der Waals surface area contributed by atoms with Gasteiger partial charge in [0.1, 0.15) is 0 Å². The quantitative estimate of drug-likeness (QED) is 0.356. The van der Waals surface area contributed by atoms with Crippen LogP contribution in [0.25, 0.3) is 0 Å². The minimum absolute atomic E-state index is 0.105. The minimum atomic E-state index is -0.210. The molecule has 0 unspecified atom stereocenters. The van der Waals surface area contributed by atoms with E-state index >= 15 is 0 Å². The van der Waals surface area contributed by atoms with E-state index in [1.807, 2.05) is 39.0 Å². The minimum Gasteiger partial charge on any atom is -0.409 e. The number of amidine groups is 1. The standard InChI is InChI=1S/C12H18N2O2/c1-12(2,3)16-8-9-6-4-5-7-10(9)11(13)14-15/h4-7,15H,8H2,1-3H3,(H2,13,14). The van der Waals surface area contributed by atoms with Crippen LogP contribution in [0.4, 0.5) is 0 Å². The van der Waals surface area contributed by atoms with Crippen LogP contribution >= 0.6 is 0 Å². The third kappa shape index (κ3) is 3.55. The lowest BCUT2D eigenvalue weighted by Crippen LogP contribution is -2.21. The zero-order valence-corrected chi connectivity index (χ0v) is 9.90. The van der Waals surface area contributed by atoms with Gasteiger partial charge in [0.15, 0.2) is 5.84 Å². The first-order valence-corrected chi connectivity index (χ1v) is 5.14. The Hall–Kier alpha value is -1.55. The molecule has 1 aromatic carbocycles. The Morgan fingerprint density at radius 3 is 2.56 bits per heavy atom. The fourth-order valence-corrected chi connectivity index (χ4v) is 1.24. The van der Waals surface area contributed by atoms with Gasteiger partial charge in [0.25, 0.3) is 0 Å². The summed E-state index contributed by atoms with van der Waals surface area (Å²) < 4.78 is 5.66. The zero-order valence-electron chi connectivity index (χ0n) is 9.90. The summed E-state index contributed by atoms with van der Waals surface area (Å²) in [5.74, 6) is 0.105. The fraction of sp³-hybridized carbons (Fsp3) is 0.417. The molecule has 4 heteroatoms. The number of benzene rings is 1. The molecule has 0 bridgehead atoms. The Morgan fingerprint density at radius 1 is 1.38 bits per heavy atom. The lowest BCUT2D eigenvalue weighted by Gasteiger charge is -2.20. The van der Waals surface area contributed by atoms with Crippen molar-refractivity contribution in [1.82, 2.24) is 0 Å². The predicted molar refractivity (Wildman–Crippen MR) is 63.5 cm³/mol. The summed E-state index contributed by atoms with van der Waals surface area (Å²) in [7, 11) is 0. The topological polar surface area (TPSA) is 67.8 Å². The van der Waals surface area contributed by atoms with E-state index in [4.69, 9.17) is 15.7 Å². The molecule has 0 aliphatic heterocycles. The second-order valence-electron chi connectivity index (χ2n) is 4.54. The van der Waals surface area contributed by atoms with Crippen molar-refractivity contribution in [2.45, 2.75) is 33.0 Å². The van der Waals surface area contributed by atoms with Crippen molar-refractivity contribution in [3.05, 3.63) is 35.4 Å². The van der Waals surface area contributed by atoms with E-state index in [0.717, 1.165) is 5.56 Å². The van der Waals surface area contributed by atoms with E-state index in [0.29, 0.717) is 12.2 Å². The van der Waals surface area contributed by atoms with Crippen LogP contribution in [-0.2, 0) is 11.3 Å². The van der Waals surface area contributed by atoms with Gasteiger partial charge >= 0.3 is 0 Å². The van der Waals surface area contributed by atoms with E-state index in [2.05, 4.69) is 5.16 Å². The molecule has 1 aromatic rings. The highest BCUT2D eigenvalue weighted by atomic mass is 16.5. The number of hydrogen-bond acceptors (Lipinski definition) is 3. The maximum absolute atomic E-state index is 8.66. The third-order valence-corrected chi connectivity index (χ3v) is 2.06. The number of oxime groups is 1. The van der Waals surface area contributed by atoms with Gasteiger partial charge < -0.3 is 15.7 Å². The fourth-order valence-electron chi connectivity index (χ4n) is 1.24. The van der Waals surface area contributed by atoms with Crippen LogP contribution in [0.2, 0.25) is 0 Å². The Balaban J connectivity index is 2.88. The van der Waals surface area contributed by atoms with Crippen LogP contribution in [0, 0.1) is 0 Å². The highest BCUT2D eigenvalue weighted by Gasteiger charge is 2.12. The van der Waals surface area contributed by atoms with Crippen LogP contribution in [0.15, 0.2) is 29.4 Å². The van der Waals surface area contributed by atoms with Crippen LogP contribution in [0.1, 0.15) is 31.9 Å². The van der Waals surface area contributed by atoms with Gasteiger partial charge in [-0.3, -0.25) is 0 Å². The molecule has 0 aromatic heterocycles. The summed E-state index contributed by atoms with van der Waals surface area (Å²) in [6.07, 6.45) is 0. The average Bonchev–Trinajstić information content (AvgIpc) is 2.25. The molecule has 0 aliphatic rings. The van der Waals surface area contributed by atoms with Crippen molar-refractivity contribution in [2.24, 2.45) is 10.9 Å². The van der Waals surface area contributed by atoms with Gasteiger partial charge in [-0.15, -0.1) is 0 Å². The smallest absolute Gasteiger partial charge is 0.170 e. The molecule has 3 N–H and O–H groups in total. The first kappa shape index (κ1) is 12.5. The highest BCUT2D eigenvalue weighted by molar-refractivity contribution is 5.98. The average molecular weight is 222 g/mol. The second kappa shape index (κ2) is 4.99. The van der Waals surface area contributed by atoms with Crippen molar-refractivity contribution < 1.29 is 9.94 Å². The molecule has 0 fully saturated rings. The summed E-state index contributed by atoms with van der Waals surface area (Å²) in [5.41, 5.74) is 6.98. The van der Waals surface area contributed by atoms with E-state index in [1.165, 1.54) is 0 Å². The highest BCUT2D eigenvalue weighted by Crippen LogP contribution is 2.15.